The largest absolute Gasteiger partial charge is 0.215 e. The Morgan fingerprint density at radius 3 is 2.55 bits per heavy atom. The van der Waals surface area contributed by atoms with E-state index in [0.29, 0.717) is 18.2 Å². The fraction of sp³-hybridized carbons (Fsp3) is 1.00. The summed E-state index contributed by atoms with van der Waals surface area (Å²) in [6.45, 7) is 2.54. The third-order valence-electron chi connectivity index (χ3n) is 1.72. The second-order valence-electron chi connectivity index (χ2n) is 3.12. The maximum Gasteiger partial charge on any atom is 0.211 e. The molecule has 0 radical (unpaired) electrons. The van der Waals surface area contributed by atoms with E-state index in [1.807, 2.05) is 6.92 Å². The molecule has 66 valence electrons. The van der Waals surface area contributed by atoms with Crippen molar-refractivity contribution in [1.29, 1.82) is 0 Å². The lowest BCUT2D eigenvalue weighted by molar-refractivity contribution is 0.577. The highest BCUT2D eigenvalue weighted by Gasteiger charge is 2.27. The van der Waals surface area contributed by atoms with Crippen LogP contribution in [0.2, 0.25) is 0 Å². The zero-order chi connectivity index (χ0) is 8.32. The average Bonchev–Trinajstić information content (AvgIpc) is 2.67. The van der Waals surface area contributed by atoms with Crippen molar-refractivity contribution < 1.29 is 8.42 Å². The van der Waals surface area contributed by atoms with Crippen molar-refractivity contribution >= 4 is 10.0 Å². The summed E-state index contributed by atoms with van der Waals surface area (Å²) in [5, 5.41) is 0. The zero-order valence-corrected chi connectivity index (χ0v) is 7.65. The van der Waals surface area contributed by atoms with E-state index in [2.05, 4.69) is 4.72 Å². The summed E-state index contributed by atoms with van der Waals surface area (Å²) in [6, 6.07) is 0. The predicted molar refractivity (Wildman–Crippen MR) is 44.8 cm³/mol. The standard InChI is InChI=1S/C7H15NO2S/c1-2-5-8-11(9,10)6-7-3-4-7/h7-8H,2-6H2,1H3. The van der Waals surface area contributed by atoms with Gasteiger partial charge in [0, 0.05) is 6.54 Å². The molecule has 1 fully saturated rings. The molecule has 1 N–H and O–H groups in total. The summed E-state index contributed by atoms with van der Waals surface area (Å²) >= 11 is 0. The van der Waals surface area contributed by atoms with Crippen LogP contribution in [0.1, 0.15) is 26.2 Å². The molecule has 3 nitrogen and oxygen atoms in total. The minimum atomic E-state index is -2.93. The monoisotopic (exact) mass is 177 g/mol. The quantitative estimate of drug-likeness (QED) is 0.672. The van der Waals surface area contributed by atoms with Crippen molar-refractivity contribution in [3.8, 4) is 0 Å². The third kappa shape index (κ3) is 3.72. The van der Waals surface area contributed by atoms with E-state index in [0.717, 1.165) is 19.3 Å². The molecule has 0 aromatic carbocycles. The lowest BCUT2D eigenvalue weighted by Gasteiger charge is -2.02. The van der Waals surface area contributed by atoms with Crippen molar-refractivity contribution in [3.05, 3.63) is 0 Å². The van der Waals surface area contributed by atoms with Crippen LogP contribution in [0.4, 0.5) is 0 Å². The second kappa shape index (κ2) is 3.54. The van der Waals surface area contributed by atoms with E-state index >= 15 is 0 Å². The number of nitrogens with one attached hydrogen (secondary N) is 1. The summed E-state index contributed by atoms with van der Waals surface area (Å²) in [6.07, 6.45) is 3.05. The van der Waals surface area contributed by atoms with E-state index < -0.39 is 10.0 Å². The molecule has 0 amide bonds. The Labute approximate surface area is 68.2 Å². The molecule has 1 saturated carbocycles. The molecular weight excluding hydrogens is 162 g/mol. The molecule has 1 aliphatic rings. The molecule has 0 atom stereocenters. The summed E-state index contributed by atoms with van der Waals surface area (Å²) in [4.78, 5) is 0. The number of rotatable bonds is 5. The van der Waals surface area contributed by atoms with Crippen LogP contribution in [0.3, 0.4) is 0 Å². The van der Waals surface area contributed by atoms with E-state index in [4.69, 9.17) is 0 Å². The molecule has 0 saturated heterocycles. The number of hydrogen-bond donors (Lipinski definition) is 1. The van der Waals surface area contributed by atoms with Gasteiger partial charge in [0.25, 0.3) is 0 Å². The molecule has 0 unspecified atom stereocenters. The van der Waals surface area contributed by atoms with Gasteiger partial charge < -0.3 is 0 Å². The van der Waals surface area contributed by atoms with Crippen LogP contribution in [-0.4, -0.2) is 20.7 Å². The van der Waals surface area contributed by atoms with Crippen molar-refractivity contribution in [2.45, 2.75) is 26.2 Å². The second-order valence-corrected chi connectivity index (χ2v) is 4.97. The van der Waals surface area contributed by atoms with Crippen molar-refractivity contribution in [2.75, 3.05) is 12.3 Å². The number of sulfonamides is 1. The minimum Gasteiger partial charge on any atom is -0.215 e. The van der Waals surface area contributed by atoms with Crippen LogP contribution in [0, 0.1) is 5.92 Å². The molecule has 1 aliphatic carbocycles. The van der Waals surface area contributed by atoms with Crippen molar-refractivity contribution in [3.63, 3.8) is 0 Å². The molecule has 1 rings (SSSR count). The first-order valence-corrected chi connectivity index (χ1v) is 5.76. The molecule has 11 heavy (non-hydrogen) atoms. The molecule has 0 spiro atoms. The first-order chi connectivity index (χ1) is 5.14. The molecule has 0 bridgehead atoms. The predicted octanol–water partition coefficient (Wildman–Crippen LogP) is 0.726. The van der Waals surface area contributed by atoms with Gasteiger partial charge in [-0.3, -0.25) is 0 Å². The van der Waals surface area contributed by atoms with E-state index in [1.165, 1.54) is 0 Å². The van der Waals surface area contributed by atoms with Gasteiger partial charge in [0.05, 0.1) is 5.75 Å². The molecular formula is C7H15NO2S. The van der Waals surface area contributed by atoms with Gasteiger partial charge in [-0.1, -0.05) is 6.92 Å². The Morgan fingerprint density at radius 1 is 1.45 bits per heavy atom. The fourth-order valence-corrected chi connectivity index (χ4v) is 2.50. The van der Waals surface area contributed by atoms with Gasteiger partial charge in [-0.2, -0.15) is 0 Å². The molecule has 0 aromatic heterocycles. The van der Waals surface area contributed by atoms with Gasteiger partial charge in [0.1, 0.15) is 0 Å². The molecule has 0 aromatic rings. The summed E-state index contributed by atoms with van der Waals surface area (Å²) in [5.74, 6) is 0.789. The van der Waals surface area contributed by atoms with Gasteiger partial charge in [-0.05, 0) is 25.2 Å². The van der Waals surface area contributed by atoms with Gasteiger partial charge in [-0.15, -0.1) is 0 Å². The van der Waals surface area contributed by atoms with Gasteiger partial charge in [0.15, 0.2) is 0 Å². The lowest BCUT2D eigenvalue weighted by atomic mass is 10.5. The van der Waals surface area contributed by atoms with Gasteiger partial charge >= 0.3 is 0 Å². The normalized spacial score (nSPS) is 18.6. The topological polar surface area (TPSA) is 46.2 Å². The Balaban J connectivity index is 2.26. The minimum absolute atomic E-state index is 0.340. The summed E-state index contributed by atoms with van der Waals surface area (Å²) < 4.78 is 24.8. The summed E-state index contributed by atoms with van der Waals surface area (Å²) in [7, 11) is -2.93. The average molecular weight is 177 g/mol. The molecule has 4 heteroatoms. The first-order valence-electron chi connectivity index (χ1n) is 4.11. The van der Waals surface area contributed by atoms with Crippen LogP contribution >= 0.6 is 0 Å². The van der Waals surface area contributed by atoms with E-state index in [1.54, 1.807) is 0 Å². The third-order valence-corrected chi connectivity index (χ3v) is 3.28. The van der Waals surface area contributed by atoms with Crippen LogP contribution in [0.15, 0.2) is 0 Å². The highest BCUT2D eigenvalue weighted by Crippen LogP contribution is 2.29. The van der Waals surface area contributed by atoms with Crippen LogP contribution < -0.4 is 4.72 Å². The van der Waals surface area contributed by atoms with Crippen LogP contribution in [0.25, 0.3) is 0 Å². The Bertz CT molecular complexity index is 206. The van der Waals surface area contributed by atoms with Crippen LogP contribution in [-0.2, 0) is 10.0 Å². The smallest absolute Gasteiger partial charge is 0.211 e. The SMILES string of the molecule is CCCNS(=O)(=O)CC1CC1. The van der Waals surface area contributed by atoms with E-state index in [-0.39, 0.29) is 0 Å². The number of hydrogen-bond acceptors (Lipinski definition) is 2. The maximum atomic E-state index is 11.1. The van der Waals surface area contributed by atoms with Crippen molar-refractivity contribution in [2.24, 2.45) is 5.92 Å². The molecule has 0 heterocycles. The Kier molecular flexibility index (Phi) is 2.90. The fourth-order valence-electron chi connectivity index (χ4n) is 0.911. The maximum absolute atomic E-state index is 11.1. The van der Waals surface area contributed by atoms with Gasteiger partial charge in [0.2, 0.25) is 10.0 Å². The van der Waals surface area contributed by atoms with Crippen LogP contribution in [0.5, 0.6) is 0 Å². The highest BCUT2D eigenvalue weighted by atomic mass is 32.2. The van der Waals surface area contributed by atoms with Gasteiger partial charge in [-0.25, -0.2) is 13.1 Å². The lowest BCUT2D eigenvalue weighted by Crippen LogP contribution is -2.27. The zero-order valence-electron chi connectivity index (χ0n) is 6.84. The first kappa shape index (κ1) is 9.00. The Morgan fingerprint density at radius 2 is 2.09 bits per heavy atom. The molecule has 0 aliphatic heterocycles. The van der Waals surface area contributed by atoms with Crippen molar-refractivity contribution in [1.82, 2.24) is 4.72 Å². The van der Waals surface area contributed by atoms with E-state index in [9.17, 15) is 8.42 Å². The highest BCUT2D eigenvalue weighted by molar-refractivity contribution is 7.89. The Hall–Kier alpha value is -0.0900. The summed E-state index contributed by atoms with van der Waals surface area (Å²) in [5.41, 5.74) is 0.